The molecular weight excluding hydrogens is 186 g/mol. The third-order valence-electron chi connectivity index (χ3n) is 2.46. The normalized spacial score (nSPS) is 15.3. The van der Waals surface area contributed by atoms with E-state index in [1.165, 1.54) is 0 Å². The Kier molecular flexibility index (Phi) is 4.79. The smallest absolute Gasteiger partial charge is 0.0940 e. The van der Waals surface area contributed by atoms with Crippen molar-refractivity contribution in [2.45, 2.75) is 32.9 Å². The minimum atomic E-state index is -0.426. The first-order valence-electron chi connectivity index (χ1n) is 5.57. The van der Waals surface area contributed by atoms with Crippen molar-refractivity contribution in [2.24, 2.45) is 5.92 Å². The summed E-state index contributed by atoms with van der Waals surface area (Å²) in [5.74, 6) is 0.607. The predicted molar refractivity (Wildman–Crippen MR) is 63.7 cm³/mol. The maximum absolute atomic E-state index is 10.0. The molecule has 0 aliphatic rings. The summed E-state index contributed by atoms with van der Waals surface area (Å²) in [5.41, 5.74) is 0.973. The second kappa shape index (κ2) is 5.89. The minimum Gasteiger partial charge on any atom is -0.387 e. The summed E-state index contributed by atoms with van der Waals surface area (Å²) in [6.07, 6.45) is -0.426. The standard InChI is InChI=1S/C13H21NO/c1-10(2)9-14-11(3)13(15)12-7-5-4-6-8-12/h4-8,10-11,13-15H,9H2,1-3H3/t11-,13-/m1/s1. The van der Waals surface area contributed by atoms with Crippen molar-refractivity contribution in [1.29, 1.82) is 0 Å². The van der Waals surface area contributed by atoms with E-state index in [2.05, 4.69) is 19.2 Å². The van der Waals surface area contributed by atoms with Gasteiger partial charge < -0.3 is 10.4 Å². The van der Waals surface area contributed by atoms with Crippen LogP contribution in [-0.4, -0.2) is 17.7 Å². The highest BCUT2D eigenvalue weighted by Crippen LogP contribution is 2.15. The van der Waals surface area contributed by atoms with Crippen LogP contribution in [0.4, 0.5) is 0 Å². The van der Waals surface area contributed by atoms with Crippen LogP contribution in [0.3, 0.4) is 0 Å². The van der Waals surface area contributed by atoms with Crippen LogP contribution in [0.5, 0.6) is 0 Å². The molecule has 2 atom stereocenters. The average Bonchev–Trinajstić information content (AvgIpc) is 2.26. The molecule has 0 aromatic heterocycles. The Bertz CT molecular complexity index is 271. The third-order valence-corrected chi connectivity index (χ3v) is 2.46. The number of aliphatic hydroxyl groups excluding tert-OH is 1. The lowest BCUT2D eigenvalue weighted by Gasteiger charge is -2.21. The second-order valence-corrected chi connectivity index (χ2v) is 4.45. The fraction of sp³-hybridized carbons (Fsp3) is 0.538. The molecule has 0 heterocycles. The van der Waals surface area contributed by atoms with Gasteiger partial charge in [-0.2, -0.15) is 0 Å². The van der Waals surface area contributed by atoms with Crippen LogP contribution in [0.2, 0.25) is 0 Å². The zero-order chi connectivity index (χ0) is 11.3. The summed E-state index contributed by atoms with van der Waals surface area (Å²) in [6, 6.07) is 9.87. The van der Waals surface area contributed by atoms with E-state index < -0.39 is 6.10 Å². The van der Waals surface area contributed by atoms with Gasteiger partial charge in [-0.1, -0.05) is 44.2 Å². The lowest BCUT2D eigenvalue weighted by Crippen LogP contribution is -2.34. The van der Waals surface area contributed by atoms with Gasteiger partial charge in [-0.25, -0.2) is 0 Å². The van der Waals surface area contributed by atoms with Gasteiger partial charge in [0.05, 0.1) is 6.10 Å². The zero-order valence-corrected chi connectivity index (χ0v) is 9.77. The van der Waals surface area contributed by atoms with E-state index in [-0.39, 0.29) is 6.04 Å². The molecule has 0 radical (unpaired) electrons. The van der Waals surface area contributed by atoms with Gasteiger partial charge in [0.1, 0.15) is 0 Å². The summed E-state index contributed by atoms with van der Waals surface area (Å²) < 4.78 is 0. The number of benzene rings is 1. The first kappa shape index (κ1) is 12.2. The number of hydrogen-bond acceptors (Lipinski definition) is 2. The lowest BCUT2D eigenvalue weighted by molar-refractivity contribution is 0.134. The Labute approximate surface area is 92.3 Å². The minimum absolute atomic E-state index is 0.0924. The van der Waals surface area contributed by atoms with Crippen molar-refractivity contribution >= 4 is 0 Å². The first-order chi connectivity index (χ1) is 7.11. The monoisotopic (exact) mass is 207 g/mol. The summed E-state index contributed by atoms with van der Waals surface area (Å²) >= 11 is 0. The van der Waals surface area contributed by atoms with Gasteiger partial charge in [0.25, 0.3) is 0 Å². The molecule has 0 spiro atoms. The molecule has 0 aliphatic heterocycles. The Morgan fingerprint density at radius 2 is 1.73 bits per heavy atom. The van der Waals surface area contributed by atoms with E-state index in [1.807, 2.05) is 37.3 Å². The molecule has 1 aromatic carbocycles. The molecule has 0 fully saturated rings. The Hall–Kier alpha value is -0.860. The molecule has 0 bridgehead atoms. The molecule has 2 N–H and O–H groups in total. The van der Waals surface area contributed by atoms with Gasteiger partial charge in [0.2, 0.25) is 0 Å². The molecule has 2 nitrogen and oxygen atoms in total. The molecule has 2 heteroatoms. The number of nitrogens with one attached hydrogen (secondary N) is 1. The molecule has 0 amide bonds. The number of rotatable bonds is 5. The molecule has 0 saturated carbocycles. The fourth-order valence-corrected chi connectivity index (χ4v) is 1.47. The Balaban J connectivity index is 2.49. The van der Waals surface area contributed by atoms with E-state index in [9.17, 15) is 5.11 Å². The maximum Gasteiger partial charge on any atom is 0.0940 e. The predicted octanol–water partition coefficient (Wildman–Crippen LogP) is 2.35. The van der Waals surface area contributed by atoms with E-state index in [0.29, 0.717) is 5.92 Å². The fourth-order valence-electron chi connectivity index (χ4n) is 1.47. The van der Waals surface area contributed by atoms with Gasteiger partial charge in [-0.15, -0.1) is 0 Å². The number of aliphatic hydroxyl groups is 1. The highest BCUT2D eigenvalue weighted by molar-refractivity contribution is 5.18. The zero-order valence-electron chi connectivity index (χ0n) is 9.77. The quantitative estimate of drug-likeness (QED) is 0.777. The summed E-state index contributed by atoms with van der Waals surface area (Å²) in [5, 5.41) is 13.4. The van der Waals surface area contributed by atoms with Gasteiger partial charge in [-0.05, 0) is 24.9 Å². The molecule has 84 valence electrons. The second-order valence-electron chi connectivity index (χ2n) is 4.45. The van der Waals surface area contributed by atoms with Crippen molar-refractivity contribution in [1.82, 2.24) is 5.32 Å². The van der Waals surface area contributed by atoms with Gasteiger partial charge in [0.15, 0.2) is 0 Å². The van der Waals surface area contributed by atoms with Crippen molar-refractivity contribution in [2.75, 3.05) is 6.54 Å². The first-order valence-corrected chi connectivity index (χ1v) is 5.57. The van der Waals surface area contributed by atoms with Crippen LogP contribution in [0.25, 0.3) is 0 Å². The summed E-state index contributed by atoms with van der Waals surface area (Å²) in [4.78, 5) is 0. The molecular formula is C13H21NO. The van der Waals surface area contributed by atoms with Crippen LogP contribution in [0.1, 0.15) is 32.4 Å². The van der Waals surface area contributed by atoms with Crippen molar-refractivity contribution in [3.63, 3.8) is 0 Å². The van der Waals surface area contributed by atoms with Crippen molar-refractivity contribution in [3.05, 3.63) is 35.9 Å². The Morgan fingerprint density at radius 3 is 2.27 bits per heavy atom. The van der Waals surface area contributed by atoms with E-state index >= 15 is 0 Å². The molecule has 0 saturated heterocycles. The Morgan fingerprint density at radius 1 is 1.13 bits per heavy atom. The van der Waals surface area contributed by atoms with E-state index in [1.54, 1.807) is 0 Å². The molecule has 15 heavy (non-hydrogen) atoms. The molecule has 0 aliphatic carbocycles. The topological polar surface area (TPSA) is 32.3 Å². The van der Waals surface area contributed by atoms with Crippen LogP contribution >= 0.6 is 0 Å². The SMILES string of the molecule is CC(C)CN[C@H](C)[C@@H](O)c1ccccc1. The largest absolute Gasteiger partial charge is 0.387 e. The summed E-state index contributed by atoms with van der Waals surface area (Å²) in [6.45, 7) is 7.27. The van der Waals surface area contributed by atoms with E-state index in [0.717, 1.165) is 12.1 Å². The van der Waals surface area contributed by atoms with Crippen molar-refractivity contribution in [3.8, 4) is 0 Å². The van der Waals surface area contributed by atoms with Crippen LogP contribution < -0.4 is 5.32 Å². The maximum atomic E-state index is 10.0. The summed E-state index contributed by atoms with van der Waals surface area (Å²) in [7, 11) is 0. The van der Waals surface area contributed by atoms with Crippen LogP contribution in [0.15, 0.2) is 30.3 Å². The van der Waals surface area contributed by atoms with Crippen LogP contribution in [-0.2, 0) is 0 Å². The van der Waals surface area contributed by atoms with Gasteiger partial charge in [-0.3, -0.25) is 0 Å². The van der Waals surface area contributed by atoms with E-state index in [4.69, 9.17) is 0 Å². The molecule has 1 rings (SSSR count). The van der Waals surface area contributed by atoms with Gasteiger partial charge in [0, 0.05) is 6.04 Å². The highest BCUT2D eigenvalue weighted by Gasteiger charge is 2.15. The average molecular weight is 207 g/mol. The number of hydrogen-bond donors (Lipinski definition) is 2. The van der Waals surface area contributed by atoms with Crippen LogP contribution in [0, 0.1) is 5.92 Å². The molecule has 0 unspecified atom stereocenters. The molecule has 1 aromatic rings. The lowest BCUT2D eigenvalue weighted by atomic mass is 10.0. The third kappa shape index (κ3) is 4.02. The van der Waals surface area contributed by atoms with Crippen molar-refractivity contribution < 1.29 is 5.11 Å². The van der Waals surface area contributed by atoms with Gasteiger partial charge >= 0.3 is 0 Å². The highest BCUT2D eigenvalue weighted by atomic mass is 16.3.